The summed E-state index contributed by atoms with van der Waals surface area (Å²) in [6.45, 7) is 4.99. The standard InChI is InChI=1S/C14H23N5O/c1-8(2)14-17-11(7-12(18-14)19-15)16-10-5-6-20-13(10)9-3-4-9/h7-10,13H,3-6,15H2,1-2H3,(H2,16,17,18,19). The number of ether oxygens (including phenoxy) is 1. The number of anilines is 2. The molecule has 20 heavy (non-hydrogen) atoms. The van der Waals surface area contributed by atoms with E-state index >= 15 is 0 Å². The van der Waals surface area contributed by atoms with E-state index in [1.807, 2.05) is 6.07 Å². The second-order valence-corrected chi connectivity index (χ2v) is 6.01. The number of rotatable bonds is 5. The number of hydrogen-bond donors (Lipinski definition) is 3. The van der Waals surface area contributed by atoms with Gasteiger partial charge in [-0.3, -0.25) is 0 Å². The largest absolute Gasteiger partial charge is 0.376 e. The van der Waals surface area contributed by atoms with Gasteiger partial charge in [0.05, 0.1) is 12.1 Å². The number of nitrogens with one attached hydrogen (secondary N) is 2. The summed E-state index contributed by atoms with van der Waals surface area (Å²) >= 11 is 0. The molecule has 110 valence electrons. The fourth-order valence-corrected chi connectivity index (χ4v) is 2.72. The summed E-state index contributed by atoms with van der Waals surface area (Å²) in [6, 6.07) is 2.21. The smallest absolute Gasteiger partial charge is 0.145 e. The van der Waals surface area contributed by atoms with Crippen LogP contribution in [-0.4, -0.2) is 28.7 Å². The Bertz CT molecular complexity index is 475. The summed E-state index contributed by atoms with van der Waals surface area (Å²) in [5.74, 6) is 8.76. The highest BCUT2D eigenvalue weighted by atomic mass is 16.5. The third kappa shape index (κ3) is 2.86. The first-order valence-electron chi connectivity index (χ1n) is 7.41. The van der Waals surface area contributed by atoms with Gasteiger partial charge in [0, 0.05) is 18.6 Å². The van der Waals surface area contributed by atoms with Crippen LogP contribution in [0.2, 0.25) is 0 Å². The molecule has 1 aliphatic heterocycles. The molecule has 0 spiro atoms. The SMILES string of the molecule is CC(C)c1nc(NN)cc(NC2CCOC2C2CC2)n1. The Morgan fingerprint density at radius 1 is 1.25 bits per heavy atom. The zero-order valence-electron chi connectivity index (χ0n) is 12.1. The normalized spacial score (nSPS) is 26.0. The minimum Gasteiger partial charge on any atom is -0.376 e. The quantitative estimate of drug-likeness (QED) is 0.563. The molecule has 1 aromatic rings. The number of aromatic nitrogens is 2. The van der Waals surface area contributed by atoms with Gasteiger partial charge in [-0.1, -0.05) is 13.8 Å². The topological polar surface area (TPSA) is 85.1 Å². The number of hydrazine groups is 1. The van der Waals surface area contributed by atoms with Crippen molar-refractivity contribution in [3.63, 3.8) is 0 Å². The molecular weight excluding hydrogens is 254 g/mol. The van der Waals surface area contributed by atoms with Crippen molar-refractivity contribution in [1.82, 2.24) is 9.97 Å². The molecular formula is C14H23N5O. The predicted octanol–water partition coefficient (Wildman–Crippen LogP) is 1.86. The van der Waals surface area contributed by atoms with Crippen LogP contribution in [0.4, 0.5) is 11.6 Å². The van der Waals surface area contributed by atoms with Gasteiger partial charge in [-0.15, -0.1) is 0 Å². The summed E-state index contributed by atoms with van der Waals surface area (Å²) in [7, 11) is 0. The van der Waals surface area contributed by atoms with E-state index in [9.17, 15) is 0 Å². The first kappa shape index (κ1) is 13.6. The summed E-state index contributed by atoms with van der Waals surface area (Å²) in [6.07, 6.45) is 3.95. The lowest BCUT2D eigenvalue weighted by Gasteiger charge is -2.21. The van der Waals surface area contributed by atoms with E-state index in [-0.39, 0.29) is 5.92 Å². The van der Waals surface area contributed by atoms with Gasteiger partial charge >= 0.3 is 0 Å². The van der Waals surface area contributed by atoms with E-state index in [1.165, 1.54) is 12.8 Å². The molecule has 2 atom stereocenters. The van der Waals surface area contributed by atoms with E-state index in [0.29, 0.717) is 18.0 Å². The average molecular weight is 277 g/mol. The minimum atomic E-state index is 0.267. The molecule has 1 saturated carbocycles. The van der Waals surface area contributed by atoms with Gasteiger partial charge in [0.2, 0.25) is 0 Å². The van der Waals surface area contributed by atoms with Crippen molar-refractivity contribution in [2.24, 2.45) is 11.8 Å². The lowest BCUT2D eigenvalue weighted by atomic mass is 10.1. The average Bonchev–Trinajstić information content (AvgIpc) is 3.19. The highest BCUT2D eigenvalue weighted by Crippen LogP contribution is 2.39. The van der Waals surface area contributed by atoms with Crippen LogP contribution in [0.1, 0.15) is 44.9 Å². The third-order valence-electron chi connectivity index (χ3n) is 3.96. The summed E-state index contributed by atoms with van der Waals surface area (Å²) < 4.78 is 5.85. The van der Waals surface area contributed by atoms with Gasteiger partial charge < -0.3 is 15.5 Å². The lowest BCUT2D eigenvalue weighted by Crippen LogP contribution is -2.31. The Balaban J connectivity index is 1.77. The van der Waals surface area contributed by atoms with Gasteiger partial charge in [-0.2, -0.15) is 0 Å². The van der Waals surface area contributed by atoms with Crippen molar-refractivity contribution < 1.29 is 4.74 Å². The highest BCUT2D eigenvalue weighted by Gasteiger charge is 2.40. The van der Waals surface area contributed by atoms with Gasteiger partial charge in [0.15, 0.2) is 0 Å². The first-order chi connectivity index (χ1) is 9.67. The van der Waals surface area contributed by atoms with Crippen LogP contribution in [0.3, 0.4) is 0 Å². The van der Waals surface area contributed by atoms with E-state index in [4.69, 9.17) is 10.6 Å². The van der Waals surface area contributed by atoms with Crippen LogP contribution in [0, 0.1) is 5.92 Å². The molecule has 4 N–H and O–H groups in total. The maximum atomic E-state index is 5.85. The van der Waals surface area contributed by atoms with Crippen molar-refractivity contribution in [2.75, 3.05) is 17.3 Å². The van der Waals surface area contributed by atoms with E-state index < -0.39 is 0 Å². The summed E-state index contributed by atoms with van der Waals surface area (Å²) in [4.78, 5) is 8.96. The molecule has 6 nitrogen and oxygen atoms in total. The number of nitrogens with zero attached hydrogens (tertiary/aromatic N) is 2. The third-order valence-corrected chi connectivity index (χ3v) is 3.96. The molecule has 1 aromatic heterocycles. The van der Waals surface area contributed by atoms with Gasteiger partial charge in [-0.05, 0) is 25.2 Å². The zero-order chi connectivity index (χ0) is 14.1. The number of nitrogen functional groups attached to an aromatic ring is 1. The number of nitrogens with two attached hydrogens (primary N) is 1. The highest BCUT2D eigenvalue weighted by molar-refractivity contribution is 5.48. The van der Waals surface area contributed by atoms with Crippen LogP contribution < -0.4 is 16.6 Å². The Morgan fingerprint density at radius 2 is 2.00 bits per heavy atom. The molecule has 0 bridgehead atoms. The van der Waals surface area contributed by atoms with Crippen LogP contribution >= 0.6 is 0 Å². The van der Waals surface area contributed by atoms with E-state index in [1.54, 1.807) is 0 Å². The molecule has 2 heterocycles. The first-order valence-corrected chi connectivity index (χ1v) is 7.41. The van der Waals surface area contributed by atoms with Gasteiger partial charge in [0.1, 0.15) is 17.5 Å². The Kier molecular flexibility index (Phi) is 3.76. The van der Waals surface area contributed by atoms with E-state index in [2.05, 4.69) is 34.6 Å². The summed E-state index contributed by atoms with van der Waals surface area (Å²) in [5, 5.41) is 3.51. The second kappa shape index (κ2) is 5.54. The maximum absolute atomic E-state index is 5.85. The molecule has 2 aliphatic rings. The Hall–Kier alpha value is -1.40. The second-order valence-electron chi connectivity index (χ2n) is 6.01. The molecule has 2 fully saturated rings. The van der Waals surface area contributed by atoms with Crippen LogP contribution in [0.25, 0.3) is 0 Å². The fourth-order valence-electron chi connectivity index (χ4n) is 2.72. The molecule has 1 saturated heterocycles. The molecule has 3 rings (SSSR count). The van der Waals surface area contributed by atoms with Gasteiger partial charge in [-0.25, -0.2) is 15.8 Å². The Labute approximate surface area is 119 Å². The molecule has 0 amide bonds. The summed E-state index contributed by atoms with van der Waals surface area (Å²) in [5.41, 5.74) is 2.61. The molecule has 0 radical (unpaired) electrons. The molecule has 0 aromatic carbocycles. The molecule has 6 heteroatoms. The lowest BCUT2D eigenvalue weighted by molar-refractivity contribution is 0.0898. The fraction of sp³-hybridized carbons (Fsp3) is 0.714. The minimum absolute atomic E-state index is 0.267. The molecule has 1 aliphatic carbocycles. The maximum Gasteiger partial charge on any atom is 0.145 e. The van der Waals surface area contributed by atoms with Crippen molar-refractivity contribution in [2.45, 2.75) is 51.2 Å². The van der Waals surface area contributed by atoms with Crippen LogP contribution in [0.5, 0.6) is 0 Å². The van der Waals surface area contributed by atoms with E-state index in [0.717, 1.165) is 30.6 Å². The monoisotopic (exact) mass is 277 g/mol. The number of hydrogen-bond acceptors (Lipinski definition) is 6. The van der Waals surface area contributed by atoms with Crippen molar-refractivity contribution >= 4 is 11.6 Å². The predicted molar refractivity (Wildman–Crippen MR) is 78.4 cm³/mol. The van der Waals surface area contributed by atoms with Crippen molar-refractivity contribution in [3.8, 4) is 0 Å². The van der Waals surface area contributed by atoms with Crippen molar-refractivity contribution in [3.05, 3.63) is 11.9 Å². The van der Waals surface area contributed by atoms with Crippen LogP contribution in [0.15, 0.2) is 6.07 Å². The van der Waals surface area contributed by atoms with Crippen molar-refractivity contribution in [1.29, 1.82) is 0 Å². The van der Waals surface area contributed by atoms with Crippen LogP contribution in [-0.2, 0) is 4.74 Å². The Morgan fingerprint density at radius 3 is 2.65 bits per heavy atom. The molecule has 2 unspecified atom stereocenters. The van der Waals surface area contributed by atoms with Gasteiger partial charge in [0.25, 0.3) is 0 Å². The zero-order valence-corrected chi connectivity index (χ0v) is 12.1.